The third kappa shape index (κ3) is 20.4. The molecule has 0 aromatic rings. The molecule has 58 heavy (non-hydrogen) atoms. The lowest BCUT2D eigenvalue weighted by molar-refractivity contribution is -0.332. The zero-order valence-electron chi connectivity index (χ0n) is 34.2. The highest BCUT2D eigenvalue weighted by Gasteiger charge is 2.47. The number of rotatable bonds is 29. The molecule has 0 aromatic carbocycles. The highest BCUT2D eigenvalue weighted by Crippen LogP contribution is 2.26. The minimum absolute atomic E-state index is 0.0672. The average Bonchev–Trinajstić information content (AvgIpc) is 3.21. The van der Waals surface area contributed by atoms with Crippen molar-refractivity contribution < 1.29 is 73.8 Å². The van der Waals surface area contributed by atoms with E-state index in [4.69, 9.17) is 28.4 Å². The molecule has 0 bridgehead atoms. The van der Waals surface area contributed by atoms with Crippen LogP contribution in [0.3, 0.4) is 0 Å². The summed E-state index contributed by atoms with van der Waals surface area (Å²) < 4.78 is 33.2. The second-order valence-corrected chi connectivity index (χ2v) is 14.6. The minimum Gasteiger partial charge on any atom is -0.462 e. The predicted octanol–water partition coefficient (Wildman–Crippen LogP) is 3.36. The molecule has 0 radical (unpaired) electrons. The summed E-state index contributed by atoms with van der Waals surface area (Å²) in [5.74, 6) is -1.02. The van der Waals surface area contributed by atoms with Crippen LogP contribution >= 0.6 is 0 Å². The summed E-state index contributed by atoms with van der Waals surface area (Å²) in [6.45, 7) is 2.29. The SMILES string of the molecule is CC/C=C/C=C/C=C/C=C/C=C/CCCC(=O)OC(COC(=O)CCCCCCCCCCC)CO[C@@H]1O[C@H](CO[C@@H]2O[C@H](CO)[C@H](O)C(O)C2O)[C@H](O)C(O)C1O. The molecule has 0 amide bonds. The Hall–Kier alpha value is -2.80. The maximum Gasteiger partial charge on any atom is 0.306 e. The van der Waals surface area contributed by atoms with E-state index in [-0.39, 0.29) is 19.4 Å². The van der Waals surface area contributed by atoms with E-state index in [0.29, 0.717) is 19.3 Å². The van der Waals surface area contributed by atoms with Gasteiger partial charge in [0.05, 0.1) is 19.8 Å². The Kier molecular flexibility index (Phi) is 27.6. The smallest absolute Gasteiger partial charge is 0.306 e. The zero-order valence-corrected chi connectivity index (χ0v) is 34.2. The first-order valence-electron chi connectivity index (χ1n) is 20.9. The van der Waals surface area contributed by atoms with Gasteiger partial charge in [-0.3, -0.25) is 9.59 Å². The third-order valence-corrected chi connectivity index (χ3v) is 9.64. The Balaban J connectivity index is 1.93. The molecule has 2 heterocycles. The quantitative estimate of drug-likeness (QED) is 0.0326. The van der Waals surface area contributed by atoms with Crippen molar-refractivity contribution >= 4 is 11.9 Å². The highest BCUT2D eigenvalue weighted by molar-refractivity contribution is 5.70. The van der Waals surface area contributed by atoms with Crippen molar-refractivity contribution in [1.82, 2.24) is 0 Å². The van der Waals surface area contributed by atoms with Crippen LogP contribution in [0.1, 0.15) is 104 Å². The lowest BCUT2D eigenvalue weighted by Gasteiger charge is -2.42. The maximum absolute atomic E-state index is 12.8. The zero-order chi connectivity index (χ0) is 42.5. The van der Waals surface area contributed by atoms with Crippen molar-refractivity contribution in [3.63, 3.8) is 0 Å². The molecule has 11 atom stereocenters. The van der Waals surface area contributed by atoms with Gasteiger partial charge < -0.3 is 64.2 Å². The van der Waals surface area contributed by atoms with E-state index in [1.165, 1.54) is 32.1 Å². The van der Waals surface area contributed by atoms with Gasteiger partial charge in [0, 0.05) is 12.8 Å². The van der Waals surface area contributed by atoms with E-state index >= 15 is 0 Å². The fraction of sp³-hybridized carbons (Fsp3) is 0.721. The molecule has 332 valence electrons. The van der Waals surface area contributed by atoms with Gasteiger partial charge in [-0.25, -0.2) is 0 Å². The van der Waals surface area contributed by atoms with Crippen molar-refractivity contribution in [2.45, 2.75) is 171 Å². The number of hydrogen-bond donors (Lipinski definition) is 7. The lowest BCUT2D eigenvalue weighted by atomic mass is 9.98. The van der Waals surface area contributed by atoms with Crippen molar-refractivity contribution in [2.24, 2.45) is 0 Å². The first-order valence-corrected chi connectivity index (χ1v) is 20.9. The molecule has 0 spiro atoms. The summed E-state index contributed by atoms with van der Waals surface area (Å²) in [7, 11) is 0. The van der Waals surface area contributed by atoms with Crippen LogP contribution < -0.4 is 0 Å². The molecule has 2 saturated heterocycles. The van der Waals surface area contributed by atoms with Gasteiger partial charge in [-0.1, -0.05) is 126 Å². The molecule has 15 nitrogen and oxygen atoms in total. The minimum atomic E-state index is -1.78. The molecular formula is C43H70O15. The van der Waals surface area contributed by atoms with Crippen LogP contribution in [0.4, 0.5) is 0 Å². The number of allylic oxidation sites excluding steroid dienone is 10. The first-order chi connectivity index (χ1) is 28.0. The first kappa shape index (κ1) is 51.3. The van der Waals surface area contributed by atoms with Gasteiger partial charge in [-0.05, 0) is 25.7 Å². The van der Waals surface area contributed by atoms with Crippen LogP contribution in [0.25, 0.3) is 0 Å². The number of aliphatic hydroxyl groups is 7. The molecule has 0 aromatic heterocycles. The number of unbranched alkanes of at least 4 members (excludes halogenated alkanes) is 9. The fourth-order valence-electron chi connectivity index (χ4n) is 6.13. The molecule has 15 heteroatoms. The van der Waals surface area contributed by atoms with Crippen LogP contribution in [-0.2, 0) is 38.0 Å². The number of carbonyl (C=O) groups excluding carboxylic acids is 2. The summed E-state index contributed by atoms with van der Waals surface area (Å²) in [5, 5.41) is 71.6. The van der Waals surface area contributed by atoms with Crippen molar-refractivity contribution in [1.29, 1.82) is 0 Å². The van der Waals surface area contributed by atoms with Crippen molar-refractivity contribution in [3.8, 4) is 0 Å². The molecule has 2 rings (SSSR count). The van der Waals surface area contributed by atoms with Gasteiger partial charge in [0.1, 0.15) is 55.4 Å². The largest absolute Gasteiger partial charge is 0.462 e. The second kappa shape index (κ2) is 31.1. The summed E-state index contributed by atoms with van der Waals surface area (Å²) >= 11 is 0. The van der Waals surface area contributed by atoms with Gasteiger partial charge >= 0.3 is 11.9 Å². The Morgan fingerprint density at radius 3 is 1.69 bits per heavy atom. The Labute approximate surface area is 343 Å². The van der Waals surface area contributed by atoms with E-state index in [2.05, 4.69) is 19.9 Å². The molecule has 5 unspecified atom stereocenters. The van der Waals surface area contributed by atoms with Crippen molar-refractivity contribution in [2.75, 3.05) is 26.4 Å². The second-order valence-electron chi connectivity index (χ2n) is 14.6. The van der Waals surface area contributed by atoms with E-state index in [0.717, 1.165) is 25.7 Å². The van der Waals surface area contributed by atoms with Gasteiger partial charge in [0.25, 0.3) is 0 Å². The molecular weight excluding hydrogens is 756 g/mol. The number of aliphatic hydroxyl groups excluding tert-OH is 7. The molecule has 7 N–H and O–H groups in total. The Bertz CT molecular complexity index is 1250. The van der Waals surface area contributed by atoms with E-state index < -0.39 is 99.3 Å². The van der Waals surface area contributed by atoms with Gasteiger partial charge in [-0.15, -0.1) is 0 Å². The average molecular weight is 827 g/mol. The fourth-order valence-corrected chi connectivity index (χ4v) is 6.13. The standard InChI is InChI=1S/C43H70O15/c1-3-5-7-9-11-13-14-15-16-18-20-22-24-26-35(46)56-31(28-53-34(45)25-23-21-19-17-12-10-8-6-4-2)29-54-42-41(52)39(50)37(48)33(58-42)30-55-43-40(51)38(49)36(47)32(27-44)57-43/h5,7,9,11,13-16,18,20,31-33,36-44,47-52H,3-4,6,8,10,12,17,19,21-30H2,1-2H3/b7-5+,11-9+,14-13+,16-15+,20-18+/t31?,32-,33-,36+,37+,38?,39?,40?,41?,42-,43-/m1/s1. The maximum atomic E-state index is 12.8. The molecule has 0 saturated carbocycles. The number of carbonyl (C=O) groups is 2. The number of hydrogen-bond acceptors (Lipinski definition) is 15. The lowest BCUT2D eigenvalue weighted by Crippen LogP contribution is -2.61. The molecule has 2 fully saturated rings. The van der Waals surface area contributed by atoms with Gasteiger partial charge in [-0.2, -0.15) is 0 Å². The summed E-state index contributed by atoms with van der Waals surface area (Å²) in [6.07, 6.45) is 14.4. The number of ether oxygens (including phenoxy) is 6. The topological polar surface area (TPSA) is 231 Å². The van der Waals surface area contributed by atoms with Gasteiger partial charge in [0.15, 0.2) is 18.7 Å². The molecule has 2 aliphatic rings. The Morgan fingerprint density at radius 1 is 0.569 bits per heavy atom. The summed E-state index contributed by atoms with van der Waals surface area (Å²) in [4.78, 5) is 25.4. The molecule has 0 aliphatic carbocycles. The van der Waals surface area contributed by atoms with Crippen LogP contribution in [0.2, 0.25) is 0 Å². The monoisotopic (exact) mass is 826 g/mol. The van der Waals surface area contributed by atoms with E-state index in [1.54, 1.807) is 0 Å². The van der Waals surface area contributed by atoms with Crippen LogP contribution in [0.5, 0.6) is 0 Å². The van der Waals surface area contributed by atoms with E-state index in [1.807, 2.05) is 54.7 Å². The van der Waals surface area contributed by atoms with Gasteiger partial charge in [0.2, 0.25) is 0 Å². The van der Waals surface area contributed by atoms with Crippen LogP contribution in [-0.4, -0.2) is 142 Å². The third-order valence-electron chi connectivity index (χ3n) is 9.64. The van der Waals surface area contributed by atoms with Crippen LogP contribution in [0.15, 0.2) is 60.8 Å². The highest BCUT2D eigenvalue weighted by atomic mass is 16.7. The van der Waals surface area contributed by atoms with Crippen LogP contribution in [0, 0.1) is 0 Å². The summed E-state index contributed by atoms with van der Waals surface area (Å²) in [6, 6.07) is 0. The Morgan fingerprint density at radius 2 is 1.09 bits per heavy atom. The normalized spacial score (nSPS) is 28.7. The number of esters is 2. The van der Waals surface area contributed by atoms with E-state index in [9.17, 15) is 45.3 Å². The van der Waals surface area contributed by atoms with Crippen molar-refractivity contribution in [3.05, 3.63) is 60.8 Å². The predicted molar refractivity (Wildman–Crippen MR) is 215 cm³/mol. The summed E-state index contributed by atoms with van der Waals surface area (Å²) in [5.41, 5.74) is 0. The molecule has 2 aliphatic heterocycles.